The molecule has 24 heavy (non-hydrogen) atoms. The summed E-state index contributed by atoms with van der Waals surface area (Å²) in [4.78, 5) is 12.4. The van der Waals surface area contributed by atoms with Crippen molar-refractivity contribution in [1.82, 2.24) is 5.32 Å². The molecule has 0 saturated heterocycles. The third kappa shape index (κ3) is 4.16. The Labute approximate surface area is 144 Å². The first kappa shape index (κ1) is 16.6. The Kier molecular flexibility index (Phi) is 5.19. The molecule has 1 aliphatic carbocycles. The minimum atomic E-state index is -0.0464. The second-order valence-corrected chi connectivity index (χ2v) is 6.69. The Morgan fingerprint density at radius 2 is 1.79 bits per heavy atom. The Hall–Kier alpha value is -2.29. The summed E-state index contributed by atoms with van der Waals surface area (Å²) in [5, 5.41) is 3.02. The molecular formula is C21H25NO2. The molecule has 0 aromatic heterocycles. The lowest BCUT2D eigenvalue weighted by atomic mass is 9.90. The van der Waals surface area contributed by atoms with Gasteiger partial charge in [-0.3, -0.25) is 4.79 Å². The van der Waals surface area contributed by atoms with E-state index >= 15 is 0 Å². The number of nitrogens with one attached hydrogen (secondary N) is 1. The van der Waals surface area contributed by atoms with Gasteiger partial charge < -0.3 is 10.1 Å². The van der Waals surface area contributed by atoms with Crippen molar-refractivity contribution >= 4 is 5.91 Å². The number of carbonyl (C=O) groups is 1. The fourth-order valence-electron chi connectivity index (χ4n) is 3.08. The van der Waals surface area contributed by atoms with Gasteiger partial charge in [0.25, 0.3) is 5.91 Å². The van der Waals surface area contributed by atoms with Crippen LogP contribution in [0.5, 0.6) is 5.75 Å². The van der Waals surface area contributed by atoms with Gasteiger partial charge in [-0.2, -0.15) is 0 Å². The average molecular weight is 323 g/mol. The van der Waals surface area contributed by atoms with E-state index in [2.05, 4.69) is 17.4 Å². The van der Waals surface area contributed by atoms with Gasteiger partial charge in [-0.05, 0) is 74.9 Å². The van der Waals surface area contributed by atoms with Crippen molar-refractivity contribution in [2.45, 2.75) is 45.6 Å². The van der Waals surface area contributed by atoms with Crippen LogP contribution in [-0.4, -0.2) is 18.6 Å². The topological polar surface area (TPSA) is 38.3 Å². The number of hydrogen-bond acceptors (Lipinski definition) is 2. The number of amides is 1. The summed E-state index contributed by atoms with van der Waals surface area (Å²) in [7, 11) is 0. The van der Waals surface area contributed by atoms with E-state index in [4.69, 9.17) is 4.74 Å². The maximum atomic E-state index is 12.4. The summed E-state index contributed by atoms with van der Waals surface area (Å²) >= 11 is 0. The number of carbonyl (C=O) groups excluding carboxylic acids is 1. The van der Waals surface area contributed by atoms with Crippen molar-refractivity contribution in [3.8, 4) is 5.75 Å². The molecule has 2 aromatic carbocycles. The molecular weight excluding hydrogens is 298 g/mol. The minimum Gasteiger partial charge on any atom is -0.491 e. The molecule has 2 aromatic rings. The van der Waals surface area contributed by atoms with Crippen LogP contribution in [0.2, 0.25) is 0 Å². The largest absolute Gasteiger partial charge is 0.491 e. The van der Waals surface area contributed by atoms with Crippen LogP contribution in [0.25, 0.3) is 0 Å². The predicted octanol–water partition coefficient (Wildman–Crippen LogP) is 4.07. The van der Waals surface area contributed by atoms with E-state index in [0.717, 1.165) is 24.2 Å². The number of fused-ring (bicyclic) bond motifs is 1. The fourth-order valence-corrected chi connectivity index (χ4v) is 3.08. The second-order valence-electron chi connectivity index (χ2n) is 6.69. The summed E-state index contributed by atoms with van der Waals surface area (Å²) in [6.07, 6.45) is 4.70. The standard InChI is InChI=1S/C21H25NO2/c1-15-7-11-20(12-8-15)24-14-16(2)22-21(23)19-10-9-17-5-3-4-6-18(17)13-19/h7-13,16H,3-6,14H2,1-2H3,(H,22,23)/t16-/m1/s1. The lowest BCUT2D eigenvalue weighted by molar-refractivity contribution is 0.0926. The molecule has 0 bridgehead atoms. The molecule has 1 amide bonds. The molecule has 0 fully saturated rings. The maximum Gasteiger partial charge on any atom is 0.251 e. The average Bonchev–Trinajstić information content (AvgIpc) is 2.61. The van der Waals surface area contributed by atoms with E-state index < -0.39 is 0 Å². The first-order valence-corrected chi connectivity index (χ1v) is 8.74. The highest BCUT2D eigenvalue weighted by Gasteiger charge is 2.14. The van der Waals surface area contributed by atoms with Crippen molar-refractivity contribution in [3.05, 3.63) is 64.7 Å². The third-order valence-electron chi connectivity index (χ3n) is 4.51. The van der Waals surface area contributed by atoms with Crippen LogP contribution in [0.15, 0.2) is 42.5 Å². The van der Waals surface area contributed by atoms with Gasteiger partial charge in [-0.15, -0.1) is 0 Å². The summed E-state index contributed by atoms with van der Waals surface area (Å²) in [6.45, 7) is 4.47. The minimum absolute atomic E-state index is 0.0246. The lowest BCUT2D eigenvalue weighted by Crippen LogP contribution is -2.36. The van der Waals surface area contributed by atoms with Crippen LogP contribution in [-0.2, 0) is 12.8 Å². The highest BCUT2D eigenvalue weighted by molar-refractivity contribution is 5.94. The van der Waals surface area contributed by atoms with Crippen LogP contribution in [0.1, 0.15) is 46.8 Å². The van der Waals surface area contributed by atoms with Gasteiger partial charge in [-0.1, -0.05) is 23.8 Å². The van der Waals surface area contributed by atoms with E-state index in [9.17, 15) is 4.79 Å². The normalized spacial score (nSPS) is 14.6. The molecule has 3 rings (SSSR count). The first-order chi connectivity index (χ1) is 11.6. The lowest BCUT2D eigenvalue weighted by Gasteiger charge is -2.18. The third-order valence-corrected chi connectivity index (χ3v) is 4.51. The molecule has 0 saturated carbocycles. The van der Waals surface area contributed by atoms with E-state index in [1.165, 1.54) is 29.5 Å². The Balaban J connectivity index is 1.55. The van der Waals surface area contributed by atoms with Crippen LogP contribution < -0.4 is 10.1 Å². The zero-order chi connectivity index (χ0) is 16.9. The fraction of sp³-hybridized carbons (Fsp3) is 0.381. The van der Waals surface area contributed by atoms with Crippen molar-refractivity contribution < 1.29 is 9.53 Å². The predicted molar refractivity (Wildman–Crippen MR) is 96.7 cm³/mol. The van der Waals surface area contributed by atoms with Crippen molar-refractivity contribution in [2.75, 3.05) is 6.61 Å². The van der Waals surface area contributed by atoms with Gasteiger partial charge in [0, 0.05) is 5.56 Å². The SMILES string of the molecule is Cc1ccc(OC[C@@H](C)NC(=O)c2ccc3c(c2)CCCC3)cc1. The summed E-state index contributed by atoms with van der Waals surface area (Å²) < 4.78 is 5.74. The molecule has 1 atom stereocenters. The number of aryl methyl sites for hydroxylation is 3. The van der Waals surface area contributed by atoms with Crippen molar-refractivity contribution in [3.63, 3.8) is 0 Å². The van der Waals surface area contributed by atoms with Gasteiger partial charge in [0.2, 0.25) is 0 Å². The molecule has 1 aliphatic rings. The molecule has 0 unspecified atom stereocenters. The number of benzene rings is 2. The first-order valence-electron chi connectivity index (χ1n) is 8.74. The van der Waals surface area contributed by atoms with E-state index in [-0.39, 0.29) is 11.9 Å². The van der Waals surface area contributed by atoms with E-state index in [1.807, 2.05) is 44.2 Å². The van der Waals surface area contributed by atoms with Gasteiger partial charge in [-0.25, -0.2) is 0 Å². The summed E-state index contributed by atoms with van der Waals surface area (Å²) in [5.74, 6) is 0.804. The molecule has 3 nitrogen and oxygen atoms in total. The number of ether oxygens (including phenoxy) is 1. The molecule has 0 radical (unpaired) electrons. The number of hydrogen-bond donors (Lipinski definition) is 1. The van der Waals surface area contributed by atoms with Crippen molar-refractivity contribution in [2.24, 2.45) is 0 Å². The maximum absolute atomic E-state index is 12.4. The van der Waals surface area contributed by atoms with E-state index in [1.54, 1.807) is 0 Å². The summed E-state index contributed by atoms with van der Waals surface area (Å²) in [6, 6.07) is 14.0. The van der Waals surface area contributed by atoms with Crippen LogP contribution in [0.3, 0.4) is 0 Å². The number of rotatable bonds is 5. The van der Waals surface area contributed by atoms with Crippen LogP contribution in [0.4, 0.5) is 0 Å². The molecule has 1 N–H and O–H groups in total. The molecule has 0 spiro atoms. The van der Waals surface area contributed by atoms with Crippen molar-refractivity contribution in [1.29, 1.82) is 0 Å². The molecule has 0 heterocycles. The van der Waals surface area contributed by atoms with E-state index in [0.29, 0.717) is 6.61 Å². The molecule has 126 valence electrons. The van der Waals surface area contributed by atoms with Gasteiger partial charge in [0.1, 0.15) is 12.4 Å². The quantitative estimate of drug-likeness (QED) is 0.901. The Morgan fingerprint density at radius 3 is 2.54 bits per heavy atom. The van der Waals surface area contributed by atoms with Crippen LogP contribution >= 0.6 is 0 Å². The van der Waals surface area contributed by atoms with Gasteiger partial charge in [0.15, 0.2) is 0 Å². The highest BCUT2D eigenvalue weighted by Crippen LogP contribution is 2.22. The smallest absolute Gasteiger partial charge is 0.251 e. The van der Waals surface area contributed by atoms with Crippen LogP contribution in [0, 0.1) is 6.92 Å². The van der Waals surface area contributed by atoms with Gasteiger partial charge in [0.05, 0.1) is 6.04 Å². The molecule has 3 heteroatoms. The second kappa shape index (κ2) is 7.52. The zero-order valence-corrected chi connectivity index (χ0v) is 14.5. The molecule has 0 aliphatic heterocycles. The monoisotopic (exact) mass is 323 g/mol. The summed E-state index contributed by atoms with van der Waals surface area (Å²) in [5.41, 5.74) is 4.68. The Morgan fingerprint density at radius 1 is 1.08 bits per heavy atom. The van der Waals surface area contributed by atoms with Gasteiger partial charge >= 0.3 is 0 Å². The highest BCUT2D eigenvalue weighted by atomic mass is 16.5. The zero-order valence-electron chi connectivity index (χ0n) is 14.5. The Bertz CT molecular complexity index is 706.